The van der Waals surface area contributed by atoms with E-state index in [-0.39, 0.29) is 11.8 Å². The Morgan fingerprint density at radius 3 is 2.80 bits per heavy atom. The third-order valence-corrected chi connectivity index (χ3v) is 4.82. The molecule has 0 radical (unpaired) electrons. The topological polar surface area (TPSA) is 77.0 Å². The fourth-order valence-corrected chi connectivity index (χ4v) is 3.26. The number of carbonyl (C=O) groups is 1. The fourth-order valence-electron chi connectivity index (χ4n) is 3.26. The Hall–Kier alpha value is -2.18. The molecule has 1 aliphatic heterocycles. The predicted octanol–water partition coefficient (Wildman–Crippen LogP) is 2.48. The smallest absolute Gasteiger partial charge is 0.229 e. The van der Waals surface area contributed by atoms with Crippen LogP contribution in [0.1, 0.15) is 62.2 Å². The van der Waals surface area contributed by atoms with Gasteiger partial charge in [0.05, 0.1) is 6.20 Å². The van der Waals surface area contributed by atoms with Gasteiger partial charge < -0.3 is 9.42 Å². The van der Waals surface area contributed by atoms with Crippen LogP contribution in [0.2, 0.25) is 0 Å². The van der Waals surface area contributed by atoms with Crippen molar-refractivity contribution >= 4 is 5.91 Å². The van der Waals surface area contributed by atoms with Crippen LogP contribution < -0.4 is 0 Å². The number of unbranched alkanes of at least 4 members (excludes halogenated alkanes) is 1. The third-order valence-electron chi connectivity index (χ3n) is 4.82. The normalized spacial score (nSPS) is 15.7. The zero-order valence-electron chi connectivity index (χ0n) is 15.1. The highest BCUT2D eigenvalue weighted by Crippen LogP contribution is 2.27. The summed E-state index contributed by atoms with van der Waals surface area (Å²) in [4.78, 5) is 18.9. The molecule has 7 heteroatoms. The van der Waals surface area contributed by atoms with E-state index in [4.69, 9.17) is 4.52 Å². The number of hydrogen-bond acceptors (Lipinski definition) is 5. The molecule has 0 aromatic carbocycles. The minimum Gasteiger partial charge on any atom is -0.343 e. The number of aromatic nitrogens is 4. The molecule has 3 heterocycles. The minimum atomic E-state index is 0.219. The number of carbonyl (C=O) groups excluding carboxylic acids is 1. The van der Waals surface area contributed by atoms with Crippen LogP contribution in [-0.2, 0) is 24.7 Å². The zero-order chi connectivity index (χ0) is 17.6. The van der Waals surface area contributed by atoms with Crippen LogP contribution in [0.25, 0.3) is 0 Å². The first kappa shape index (κ1) is 17.6. The Morgan fingerprint density at radius 2 is 2.12 bits per heavy atom. The van der Waals surface area contributed by atoms with Gasteiger partial charge >= 0.3 is 0 Å². The highest BCUT2D eigenvalue weighted by molar-refractivity contribution is 5.76. The summed E-state index contributed by atoms with van der Waals surface area (Å²) < 4.78 is 7.20. The minimum absolute atomic E-state index is 0.219. The van der Waals surface area contributed by atoms with Crippen LogP contribution >= 0.6 is 0 Å². The molecule has 0 N–H and O–H groups in total. The lowest BCUT2D eigenvalue weighted by Crippen LogP contribution is -2.38. The van der Waals surface area contributed by atoms with Crippen LogP contribution in [0.15, 0.2) is 16.9 Å². The molecule has 1 aliphatic rings. The largest absolute Gasteiger partial charge is 0.343 e. The van der Waals surface area contributed by atoms with Crippen molar-refractivity contribution in [2.24, 2.45) is 7.05 Å². The summed E-state index contributed by atoms with van der Waals surface area (Å²) in [5.74, 6) is 2.06. The maximum Gasteiger partial charge on any atom is 0.229 e. The molecule has 2 aromatic heterocycles. The molecule has 0 aliphatic carbocycles. The molecule has 3 rings (SSSR count). The molecule has 0 bridgehead atoms. The van der Waals surface area contributed by atoms with Crippen molar-refractivity contribution in [2.45, 2.75) is 57.8 Å². The molecule has 0 atom stereocenters. The third kappa shape index (κ3) is 4.67. The van der Waals surface area contributed by atoms with Gasteiger partial charge in [0.2, 0.25) is 11.8 Å². The first-order valence-electron chi connectivity index (χ1n) is 9.23. The molecular weight excluding hydrogens is 318 g/mol. The highest BCUT2D eigenvalue weighted by atomic mass is 16.5. The van der Waals surface area contributed by atoms with E-state index in [1.807, 2.05) is 24.3 Å². The molecule has 25 heavy (non-hydrogen) atoms. The predicted molar refractivity (Wildman–Crippen MR) is 93.0 cm³/mol. The number of amides is 1. The van der Waals surface area contributed by atoms with Crippen LogP contribution in [0, 0.1) is 0 Å². The summed E-state index contributed by atoms with van der Waals surface area (Å²) in [6.45, 7) is 3.69. The molecule has 7 nitrogen and oxygen atoms in total. The van der Waals surface area contributed by atoms with Gasteiger partial charge in [-0.15, -0.1) is 0 Å². The maximum absolute atomic E-state index is 12.4. The summed E-state index contributed by atoms with van der Waals surface area (Å²) in [6, 6.07) is 0. The molecule has 2 aromatic rings. The van der Waals surface area contributed by atoms with Gasteiger partial charge in [0.1, 0.15) is 0 Å². The average Bonchev–Trinajstić information content (AvgIpc) is 3.27. The summed E-state index contributed by atoms with van der Waals surface area (Å²) in [5, 5.41) is 8.21. The van der Waals surface area contributed by atoms with Gasteiger partial charge in [-0.3, -0.25) is 9.48 Å². The van der Waals surface area contributed by atoms with Crippen molar-refractivity contribution in [3.05, 3.63) is 29.7 Å². The van der Waals surface area contributed by atoms with E-state index in [9.17, 15) is 4.79 Å². The van der Waals surface area contributed by atoms with Crippen LogP contribution in [0.3, 0.4) is 0 Å². The van der Waals surface area contributed by atoms with Crippen LogP contribution in [0.4, 0.5) is 0 Å². The lowest BCUT2D eigenvalue weighted by Gasteiger charge is -2.30. The Balaban J connectivity index is 1.44. The van der Waals surface area contributed by atoms with E-state index in [0.29, 0.717) is 6.42 Å². The molecule has 0 spiro atoms. The number of aryl methyl sites for hydroxylation is 3. The molecule has 0 unspecified atom stereocenters. The van der Waals surface area contributed by atoms with Crippen LogP contribution in [-0.4, -0.2) is 43.8 Å². The van der Waals surface area contributed by atoms with Crippen molar-refractivity contribution in [1.82, 2.24) is 24.8 Å². The maximum atomic E-state index is 12.4. The standard InChI is InChI=1S/C18H27N5O2/c1-3-4-5-16-20-18(25-21-16)15-8-10-23(11-9-15)17(24)7-6-14-12-19-22(2)13-14/h12-13,15H,3-11H2,1-2H3. The number of piperidine rings is 1. The summed E-state index contributed by atoms with van der Waals surface area (Å²) >= 11 is 0. The number of nitrogens with zero attached hydrogens (tertiary/aromatic N) is 5. The summed E-state index contributed by atoms with van der Waals surface area (Å²) in [7, 11) is 1.89. The van der Waals surface area contributed by atoms with Gasteiger partial charge in [-0.25, -0.2) is 0 Å². The Morgan fingerprint density at radius 1 is 1.32 bits per heavy atom. The lowest BCUT2D eigenvalue weighted by atomic mass is 9.96. The first-order chi connectivity index (χ1) is 12.2. The number of rotatable bonds is 7. The van der Waals surface area contributed by atoms with Gasteiger partial charge in [-0.2, -0.15) is 10.1 Å². The van der Waals surface area contributed by atoms with E-state index in [1.54, 1.807) is 4.68 Å². The van der Waals surface area contributed by atoms with Gasteiger partial charge in [0.25, 0.3) is 0 Å². The van der Waals surface area contributed by atoms with Crippen molar-refractivity contribution in [3.63, 3.8) is 0 Å². The summed E-state index contributed by atoms with van der Waals surface area (Å²) in [6.07, 6.45) is 9.96. The van der Waals surface area contributed by atoms with Gasteiger partial charge in [0.15, 0.2) is 5.82 Å². The van der Waals surface area contributed by atoms with E-state index in [0.717, 1.165) is 68.9 Å². The van der Waals surface area contributed by atoms with Gasteiger partial charge in [0, 0.05) is 45.1 Å². The van der Waals surface area contributed by atoms with E-state index in [2.05, 4.69) is 22.2 Å². The molecular formula is C18H27N5O2. The summed E-state index contributed by atoms with van der Waals surface area (Å²) in [5.41, 5.74) is 1.11. The van der Waals surface area contributed by atoms with Gasteiger partial charge in [-0.05, 0) is 31.2 Å². The van der Waals surface area contributed by atoms with E-state index < -0.39 is 0 Å². The quantitative estimate of drug-likeness (QED) is 0.770. The Bertz CT molecular complexity index is 685. The lowest BCUT2D eigenvalue weighted by molar-refractivity contribution is -0.132. The zero-order valence-corrected chi connectivity index (χ0v) is 15.1. The molecule has 1 saturated heterocycles. The second-order valence-electron chi connectivity index (χ2n) is 6.83. The van der Waals surface area contributed by atoms with Crippen molar-refractivity contribution in [2.75, 3.05) is 13.1 Å². The first-order valence-corrected chi connectivity index (χ1v) is 9.23. The fraction of sp³-hybridized carbons (Fsp3) is 0.667. The molecule has 1 fully saturated rings. The van der Waals surface area contributed by atoms with Gasteiger partial charge in [-0.1, -0.05) is 18.5 Å². The van der Waals surface area contributed by atoms with E-state index in [1.165, 1.54) is 0 Å². The molecule has 0 saturated carbocycles. The second-order valence-corrected chi connectivity index (χ2v) is 6.83. The Kier molecular flexibility index (Phi) is 5.83. The molecule has 1 amide bonds. The molecule has 136 valence electrons. The van der Waals surface area contributed by atoms with Crippen molar-refractivity contribution in [3.8, 4) is 0 Å². The van der Waals surface area contributed by atoms with Crippen molar-refractivity contribution in [1.29, 1.82) is 0 Å². The average molecular weight is 345 g/mol. The highest BCUT2D eigenvalue weighted by Gasteiger charge is 2.27. The Labute approximate surface area is 148 Å². The second kappa shape index (κ2) is 8.27. The monoisotopic (exact) mass is 345 g/mol. The number of likely N-dealkylation sites (tertiary alicyclic amines) is 1. The van der Waals surface area contributed by atoms with E-state index >= 15 is 0 Å². The van der Waals surface area contributed by atoms with Crippen molar-refractivity contribution < 1.29 is 9.32 Å². The SMILES string of the molecule is CCCCc1noc(C2CCN(C(=O)CCc3cnn(C)c3)CC2)n1. The van der Waals surface area contributed by atoms with Crippen LogP contribution in [0.5, 0.6) is 0 Å². The number of hydrogen-bond donors (Lipinski definition) is 0.